The molecule has 0 aromatic heterocycles. The third kappa shape index (κ3) is 0.787. The highest BCUT2D eigenvalue weighted by atomic mass is 14.9. The molecule has 1 heterocycles. The lowest BCUT2D eigenvalue weighted by Gasteiger charge is -2.27. The van der Waals surface area contributed by atoms with Crippen LogP contribution in [0, 0.1) is 17.8 Å². The van der Waals surface area contributed by atoms with Crippen LogP contribution in [0.2, 0.25) is 0 Å². The Hall–Kier alpha value is -0.0400. The number of piperidine rings is 1. The van der Waals surface area contributed by atoms with Crippen LogP contribution in [0.4, 0.5) is 0 Å². The molecule has 0 aromatic carbocycles. The molecule has 1 nitrogen and oxygen atoms in total. The molecule has 0 amide bonds. The summed E-state index contributed by atoms with van der Waals surface area (Å²) in [6, 6.07) is 0. The van der Waals surface area contributed by atoms with Gasteiger partial charge in [-0.25, -0.2) is 0 Å². The molecule has 1 aliphatic carbocycles. The lowest BCUT2D eigenvalue weighted by atomic mass is 9.88. The Labute approximate surface area is 56.8 Å². The van der Waals surface area contributed by atoms with Gasteiger partial charge in [0.25, 0.3) is 0 Å². The minimum atomic E-state index is 1.02. The summed E-state index contributed by atoms with van der Waals surface area (Å²) < 4.78 is 0. The summed E-state index contributed by atoms with van der Waals surface area (Å²) in [7, 11) is 0. The van der Waals surface area contributed by atoms with Gasteiger partial charge in [-0.2, -0.15) is 0 Å². The number of hydrogen-bond donors (Lipinski definition) is 1. The Morgan fingerprint density at radius 3 is 2.11 bits per heavy atom. The van der Waals surface area contributed by atoms with E-state index < -0.39 is 0 Å². The smallest absolute Gasteiger partial charge is 0.00177 e. The van der Waals surface area contributed by atoms with Crippen LogP contribution in [0.5, 0.6) is 0 Å². The van der Waals surface area contributed by atoms with Crippen LogP contribution >= 0.6 is 0 Å². The Morgan fingerprint density at radius 1 is 1.11 bits per heavy atom. The number of fused-ring (bicyclic) bond motifs is 2. The summed E-state index contributed by atoms with van der Waals surface area (Å²) in [5, 5.41) is 3.48. The average Bonchev–Trinajstić information content (AvgIpc) is 2.19. The van der Waals surface area contributed by atoms with Crippen molar-refractivity contribution in [2.75, 3.05) is 13.1 Å². The molecule has 2 rings (SSSR count). The largest absolute Gasteiger partial charge is 0.316 e. The van der Waals surface area contributed by atoms with E-state index in [4.69, 9.17) is 0 Å². The molecule has 2 aliphatic rings. The van der Waals surface area contributed by atoms with E-state index in [0.717, 1.165) is 17.8 Å². The summed E-state index contributed by atoms with van der Waals surface area (Å²) in [5.74, 6) is 3.05. The topological polar surface area (TPSA) is 12.0 Å². The van der Waals surface area contributed by atoms with Crippen molar-refractivity contribution in [1.82, 2.24) is 5.32 Å². The van der Waals surface area contributed by atoms with Crippen molar-refractivity contribution in [3.05, 3.63) is 0 Å². The minimum Gasteiger partial charge on any atom is -0.316 e. The molecule has 3 atom stereocenters. The van der Waals surface area contributed by atoms with Crippen molar-refractivity contribution in [3.8, 4) is 0 Å². The second-order valence-corrected chi connectivity index (χ2v) is 3.61. The van der Waals surface area contributed by atoms with Crippen molar-refractivity contribution >= 4 is 0 Å². The van der Waals surface area contributed by atoms with Gasteiger partial charge in [0.2, 0.25) is 0 Å². The molecule has 52 valence electrons. The fourth-order valence-corrected chi connectivity index (χ4v) is 2.37. The molecule has 0 spiro atoms. The first kappa shape index (κ1) is 5.72. The molecule has 9 heavy (non-hydrogen) atoms. The second-order valence-electron chi connectivity index (χ2n) is 3.61. The van der Waals surface area contributed by atoms with Crippen LogP contribution in [-0.4, -0.2) is 13.1 Å². The van der Waals surface area contributed by atoms with Crippen LogP contribution in [0.15, 0.2) is 0 Å². The van der Waals surface area contributed by atoms with Gasteiger partial charge in [-0.1, -0.05) is 6.92 Å². The first-order valence-corrected chi connectivity index (χ1v) is 4.08. The summed E-state index contributed by atoms with van der Waals surface area (Å²) >= 11 is 0. The van der Waals surface area contributed by atoms with E-state index in [0.29, 0.717) is 0 Å². The Morgan fingerprint density at radius 2 is 1.67 bits per heavy atom. The molecular weight excluding hydrogens is 110 g/mol. The molecule has 2 fully saturated rings. The maximum atomic E-state index is 3.48. The molecule has 1 heteroatoms. The first-order chi connectivity index (χ1) is 4.38. The van der Waals surface area contributed by atoms with E-state index in [1.165, 1.54) is 25.9 Å². The molecule has 0 aromatic rings. The standard InChI is InChI=1S/C8H15N/c1-6-7-2-3-8(6)5-9-4-7/h6-9H,2-5H2,1H3/t6-,7+,8-. The van der Waals surface area contributed by atoms with E-state index in [9.17, 15) is 0 Å². The van der Waals surface area contributed by atoms with Crippen LogP contribution in [-0.2, 0) is 0 Å². The molecular formula is C8H15N. The monoisotopic (exact) mass is 125 g/mol. The normalized spacial score (nSPS) is 49.7. The van der Waals surface area contributed by atoms with E-state index in [2.05, 4.69) is 12.2 Å². The van der Waals surface area contributed by atoms with E-state index in [1.54, 1.807) is 0 Å². The van der Waals surface area contributed by atoms with Crippen molar-refractivity contribution < 1.29 is 0 Å². The maximum absolute atomic E-state index is 3.48. The van der Waals surface area contributed by atoms with Gasteiger partial charge < -0.3 is 5.32 Å². The third-order valence-corrected chi connectivity index (χ3v) is 3.21. The molecule has 0 unspecified atom stereocenters. The lowest BCUT2D eigenvalue weighted by Crippen LogP contribution is -2.36. The summed E-state index contributed by atoms with van der Waals surface area (Å²) in [6.45, 7) is 5.00. The number of hydrogen-bond acceptors (Lipinski definition) is 1. The lowest BCUT2D eigenvalue weighted by molar-refractivity contribution is 0.267. The molecule has 1 aliphatic heterocycles. The van der Waals surface area contributed by atoms with Gasteiger partial charge in [0.15, 0.2) is 0 Å². The van der Waals surface area contributed by atoms with Crippen molar-refractivity contribution in [3.63, 3.8) is 0 Å². The average molecular weight is 125 g/mol. The zero-order valence-corrected chi connectivity index (χ0v) is 6.06. The zero-order valence-electron chi connectivity index (χ0n) is 6.06. The van der Waals surface area contributed by atoms with E-state index in [1.807, 2.05) is 0 Å². The van der Waals surface area contributed by atoms with E-state index >= 15 is 0 Å². The van der Waals surface area contributed by atoms with Crippen LogP contribution in [0.25, 0.3) is 0 Å². The summed E-state index contributed by atoms with van der Waals surface area (Å²) in [5.41, 5.74) is 0. The zero-order chi connectivity index (χ0) is 6.27. The van der Waals surface area contributed by atoms with Gasteiger partial charge in [0, 0.05) is 0 Å². The molecule has 1 saturated heterocycles. The Kier molecular flexibility index (Phi) is 1.26. The molecule has 2 bridgehead atoms. The second kappa shape index (κ2) is 1.98. The Bertz CT molecular complexity index is 95.1. The SMILES string of the molecule is C[C@H]1[C@@H]2CC[C@H]1CNC2. The van der Waals surface area contributed by atoms with Crippen LogP contribution < -0.4 is 5.32 Å². The highest BCUT2D eigenvalue weighted by molar-refractivity contribution is 4.88. The van der Waals surface area contributed by atoms with E-state index in [-0.39, 0.29) is 0 Å². The fourth-order valence-electron chi connectivity index (χ4n) is 2.37. The van der Waals surface area contributed by atoms with Crippen LogP contribution in [0.1, 0.15) is 19.8 Å². The van der Waals surface area contributed by atoms with Crippen molar-refractivity contribution in [2.45, 2.75) is 19.8 Å². The van der Waals surface area contributed by atoms with Gasteiger partial charge in [0.1, 0.15) is 0 Å². The predicted molar refractivity (Wildman–Crippen MR) is 38.2 cm³/mol. The fraction of sp³-hybridized carbons (Fsp3) is 1.00. The molecule has 0 radical (unpaired) electrons. The molecule has 1 N–H and O–H groups in total. The highest BCUT2D eigenvalue weighted by Crippen LogP contribution is 2.38. The summed E-state index contributed by atoms with van der Waals surface area (Å²) in [4.78, 5) is 0. The van der Waals surface area contributed by atoms with Gasteiger partial charge in [-0.3, -0.25) is 0 Å². The maximum Gasteiger partial charge on any atom is -0.00177 e. The minimum absolute atomic E-state index is 1.02. The number of rotatable bonds is 0. The Balaban J connectivity index is 2.10. The molecule has 1 saturated carbocycles. The van der Waals surface area contributed by atoms with Gasteiger partial charge in [-0.05, 0) is 43.7 Å². The number of nitrogens with one attached hydrogen (secondary N) is 1. The quantitative estimate of drug-likeness (QED) is 0.514. The predicted octanol–water partition coefficient (Wildman–Crippen LogP) is 1.25. The first-order valence-electron chi connectivity index (χ1n) is 4.08. The van der Waals surface area contributed by atoms with Crippen molar-refractivity contribution in [2.24, 2.45) is 17.8 Å². The highest BCUT2D eigenvalue weighted by Gasteiger charge is 2.35. The third-order valence-electron chi connectivity index (χ3n) is 3.21. The van der Waals surface area contributed by atoms with Crippen molar-refractivity contribution in [1.29, 1.82) is 0 Å². The van der Waals surface area contributed by atoms with Gasteiger partial charge in [-0.15, -0.1) is 0 Å². The van der Waals surface area contributed by atoms with Gasteiger partial charge >= 0.3 is 0 Å². The van der Waals surface area contributed by atoms with Gasteiger partial charge in [0.05, 0.1) is 0 Å². The summed E-state index contributed by atoms with van der Waals surface area (Å²) in [6.07, 6.45) is 2.97. The van der Waals surface area contributed by atoms with Crippen LogP contribution in [0.3, 0.4) is 0 Å².